The summed E-state index contributed by atoms with van der Waals surface area (Å²) in [5.74, 6) is 2.18. The second-order valence-electron chi connectivity index (χ2n) is 7.95. The van der Waals surface area contributed by atoms with Crippen molar-refractivity contribution in [2.24, 2.45) is 5.92 Å². The summed E-state index contributed by atoms with van der Waals surface area (Å²) in [4.78, 5) is 19.3. The van der Waals surface area contributed by atoms with E-state index in [0.717, 1.165) is 67.2 Å². The van der Waals surface area contributed by atoms with Crippen molar-refractivity contribution in [2.75, 3.05) is 13.1 Å². The van der Waals surface area contributed by atoms with Crippen LogP contribution >= 0.6 is 0 Å². The van der Waals surface area contributed by atoms with Crippen molar-refractivity contribution in [3.63, 3.8) is 0 Å². The Morgan fingerprint density at radius 2 is 2.04 bits per heavy atom. The fourth-order valence-corrected chi connectivity index (χ4v) is 3.80. The number of hydrogen-bond donors (Lipinski definition) is 0. The molecule has 0 atom stereocenters. The first kappa shape index (κ1) is 19.6. The predicted octanol–water partition coefficient (Wildman–Crippen LogP) is 4.75. The van der Waals surface area contributed by atoms with E-state index in [0.29, 0.717) is 24.2 Å². The Hall–Kier alpha value is -2.17. The van der Waals surface area contributed by atoms with E-state index < -0.39 is 0 Å². The molecule has 0 N–H and O–H groups in total. The van der Waals surface area contributed by atoms with Gasteiger partial charge in [0.05, 0.1) is 17.0 Å². The van der Waals surface area contributed by atoms with Gasteiger partial charge >= 0.3 is 0 Å². The highest BCUT2D eigenvalue weighted by atomic mass is 16.5. The zero-order valence-electron chi connectivity index (χ0n) is 17.0. The molecule has 5 heteroatoms. The summed E-state index contributed by atoms with van der Waals surface area (Å²) in [5, 5.41) is 4.11. The molecule has 1 fully saturated rings. The van der Waals surface area contributed by atoms with Crippen molar-refractivity contribution in [1.29, 1.82) is 0 Å². The van der Waals surface area contributed by atoms with E-state index in [1.807, 2.05) is 17.9 Å². The van der Waals surface area contributed by atoms with E-state index in [-0.39, 0.29) is 0 Å². The minimum absolute atomic E-state index is 0.302. The summed E-state index contributed by atoms with van der Waals surface area (Å²) in [6.07, 6.45) is 4.40. The molecular weight excluding hydrogens is 338 g/mol. The Morgan fingerprint density at radius 1 is 1.30 bits per heavy atom. The van der Waals surface area contributed by atoms with Crippen molar-refractivity contribution in [3.05, 3.63) is 35.3 Å². The van der Waals surface area contributed by atoms with Crippen LogP contribution in [-0.2, 0) is 11.2 Å². The van der Waals surface area contributed by atoms with Crippen molar-refractivity contribution in [3.8, 4) is 11.3 Å². The topological polar surface area (TPSA) is 59.2 Å². The number of amides is 1. The lowest BCUT2D eigenvalue weighted by molar-refractivity contribution is -0.132. The molecule has 146 valence electrons. The fourth-order valence-electron chi connectivity index (χ4n) is 3.80. The number of rotatable bonds is 6. The highest BCUT2D eigenvalue weighted by molar-refractivity contribution is 5.76. The van der Waals surface area contributed by atoms with Gasteiger partial charge in [-0.2, -0.15) is 0 Å². The monoisotopic (exact) mass is 369 g/mol. The molecule has 0 bridgehead atoms. The first-order valence-electron chi connectivity index (χ1n) is 10.2. The largest absolute Gasteiger partial charge is 0.360 e. The molecule has 0 spiro atoms. The summed E-state index contributed by atoms with van der Waals surface area (Å²) in [7, 11) is 0. The molecule has 2 aromatic rings. The molecule has 0 aromatic carbocycles. The van der Waals surface area contributed by atoms with Gasteiger partial charge in [0.15, 0.2) is 0 Å². The fraction of sp³-hybridized carbons (Fsp3) is 0.591. The number of pyridine rings is 1. The van der Waals surface area contributed by atoms with Gasteiger partial charge in [0.2, 0.25) is 5.91 Å². The lowest BCUT2D eigenvalue weighted by Crippen LogP contribution is -2.38. The number of likely N-dealkylation sites (tertiary alicyclic amines) is 1. The van der Waals surface area contributed by atoms with E-state index in [1.54, 1.807) is 0 Å². The summed E-state index contributed by atoms with van der Waals surface area (Å²) < 4.78 is 5.43. The summed E-state index contributed by atoms with van der Waals surface area (Å²) >= 11 is 0. The predicted molar refractivity (Wildman–Crippen MR) is 106 cm³/mol. The van der Waals surface area contributed by atoms with Gasteiger partial charge in [-0.05, 0) is 44.2 Å². The van der Waals surface area contributed by atoms with Crippen LogP contribution in [0.1, 0.15) is 69.5 Å². The number of carbonyl (C=O) groups is 1. The third-order valence-corrected chi connectivity index (χ3v) is 5.48. The minimum Gasteiger partial charge on any atom is -0.360 e. The minimum atomic E-state index is 0.302. The normalized spacial score (nSPS) is 15.5. The van der Waals surface area contributed by atoms with Crippen LogP contribution in [0.25, 0.3) is 11.3 Å². The lowest BCUT2D eigenvalue weighted by Gasteiger charge is -2.32. The summed E-state index contributed by atoms with van der Waals surface area (Å²) in [5.41, 5.74) is 3.98. The zero-order valence-corrected chi connectivity index (χ0v) is 17.0. The molecule has 0 radical (unpaired) electrons. The average Bonchev–Trinajstić information content (AvgIpc) is 3.07. The highest BCUT2D eigenvalue weighted by Crippen LogP contribution is 2.31. The van der Waals surface area contributed by atoms with Gasteiger partial charge < -0.3 is 9.42 Å². The third-order valence-electron chi connectivity index (χ3n) is 5.48. The molecule has 2 aromatic heterocycles. The van der Waals surface area contributed by atoms with Gasteiger partial charge in [-0.3, -0.25) is 9.78 Å². The van der Waals surface area contributed by atoms with Crippen LogP contribution in [0.4, 0.5) is 0 Å². The van der Waals surface area contributed by atoms with E-state index in [2.05, 4.69) is 38.1 Å². The number of aryl methyl sites for hydroxylation is 2. The van der Waals surface area contributed by atoms with Crippen LogP contribution < -0.4 is 0 Å². The molecule has 0 saturated carbocycles. The van der Waals surface area contributed by atoms with Gasteiger partial charge in [-0.25, -0.2) is 0 Å². The average molecular weight is 370 g/mol. The van der Waals surface area contributed by atoms with Crippen LogP contribution in [0.2, 0.25) is 0 Å². The lowest BCUT2D eigenvalue weighted by atomic mass is 9.92. The Bertz CT molecular complexity index is 774. The summed E-state index contributed by atoms with van der Waals surface area (Å²) in [6, 6.07) is 6.22. The van der Waals surface area contributed by atoms with E-state index >= 15 is 0 Å². The maximum Gasteiger partial charge on any atom is 0.222 e. The Morgan fingerprint density at radius 3 is 2.70 bits per heavy atom. The maximum absolute atomic E-state index is 12.4. The second-order valence-corrected chi connectivity index (χ2v) is 7.95. The van der Waals surface area contributed by atoms with E-state index in [4.69, 9.17) is 9.51 Å². The molecule has 1 saturated heterocycles. The molecule has 0 aliphatic carbocycles. The van der Waals surface area contributed by atoms with Crippen molar-refractivity contribution < 1.29 is 9.32 Å². The zero-order chi connectivity index (χ0) is 19.4. The molecule has 1 aliphatic rings. The molecule has 27 heavy (non-hydrogen) atoms. The van der Waals surface area contributed by atoms with Crippen LogP contribution in [-0.4, -0.2) is 34.0 Å². The van der Waals surface area contributed by atoms with Crippen molar-refractivity contribution in [1.82, 2.24) is 15.0 Å². The van der Waals surface area contributed by atoms with Gasteiger partial charge in [0.1, 0.15) is 5.76 Å². The summed E-state index contributed by atoms with van der Waals surface area (Å²) in [6.45, 7) is 10.0. The Labute approximate surface area is 162 Å². The molecule has 3 heterocycles. The number of carbonyl (C=O) groups excluding carboxylic acids is 1. The third kappa shape index (κ3) is 4.57. The van der Waals surface area contributed by atoms with Crippen molar-refractivity contribution >= 4 is 5.91 Å². The maximum atomic E-state index is 12.4. The standard InChI is InChI=1S/C22H31N3O2/c1-5-20-22(16(4)24-27-20)19-8-6-7-18(23-19)17-11-13-25(14-12-17)21(26)10-9-15(2)3/h6-8,15,17H,5,9-14H2,1-4H3. The molecule has 5 nitrogen and oxygen atoms in total. The molecule has 0 unspecified atom stereocenters. The molecule has 1 amide bonds. The van der Waals surface area contributed by atoms with Crippen LogP contribution in [0.5, 0.6) is 0 Å². The van der Waals surface area contributed by atoms with E-state index in [1.165, 1.54) is 0 Å². The quantitative estimate of drug-likeness (QED) is 0.737. The van der Waals surface area contributed by atoms with Gasteiger partial charge in [-0.1, -0.05) is 32.0 Å². The molecular formula is C22H31N3O2. The van der Waals surface area contributed by atoms with Gasteiger partial charge in [0.25, 0.3) is 0 Å². The first-order valence-corrected chi connectivity index (χ1v) is 10.2. The van der Waals surface area contributed by atoms with Gasteiger partial charge in [-0.15, -0.1) is 0 Å². The van der Waals surface area contributed by atoms with Crippen LogP contribution in [0, 0.1) is 12.8 Å². The number of hydrogen-bond acceptors (Lipinski definition) is 4. The van der Waals surface area contributed by atoms with Crippen molar-refractivity contribution in [2.45, 2.75) is 65.7 Å². The second kappa shape index (κ2) is 8.68. The van der Waals surface area contributed by atoms with Gasteiger partial charge in [0, 0.05) is 37.5 Å². The Balaban J connectivity index is 1.67. The molecule has 1 aliphatic heterocycles. The first-order chi connectivity index (χ1) is 13.0. The highest BCUT2D eigenvalue weighted by Gasteiger charge is 2.25. The number of nitrogens with zero attached hydrogens (tertiary/aromatic N) is 3. The molecule has 3 rings (SSSR count). The smallest absolute Gasteiger partial charge is 0.222 e. The number of piperidine rings is 1. The SMILES string of the molecule is CCc1onc(C)c1-c1cccc(C2CCN(C(=O)CCC(C)C)CC2)n1. The van der Waals surface area contributed by atoms with Crippen LogP contribution in [0.15, 0.2) is 22.7 Å². The number of aromatic nitrogens is 2. The van der Waals surface area contributed by atoms with E-state index in [9.17, 15) is 4.79 Å². The Kier molecular flexibility index (Phi) is 6.30. The van der Waals surface area contributed by atoms with Crippen LogP contribution in [0.3, 0.4) is 0 Å².